The lowest BCUT2D eigenvalue weighted by atomic mass is 9.94. The monoisotopic (exact) mass is 374 g/mol. The zero-order valence-corrected chi connectivity index (χ0v) is 16.0. The van der Waals surface area contributed by atoms with Crippen molar-refractivity contribution in [2.24, 2.45) is 5.41 Å². The van der Waals surface area contributed by atoms with Crippen LogP contribution < -0.4 is 0 Å². The fraction of sp³-hybridized carbons (Fsp3) is 0.421. The highest BCUT2D eigenvalue weighted by atomic mass is 35.5. The maximum atomic E-state index is 12.5. The molecule has 1 saturated heterocycles. The summed E-state index contributed by atoms with van der Waals surface area (Å²) < 4.78 is 1.84. The molecule has 0 radical (unpaired) electrons. The maximum Gasteiger partial charge on any atom is 0.246 e. The lowest BCUT2D eigenvalue weighted by Gasteiger charge is -2.37. The summed E-state index contributed by atoms with van der Waals surface area (Å²) in [5.74, 6) is 0.0347. The third-order valence-electron chi connectivity index (χ3n) is 4.43. The number of imidazole rings is 1. The molecule has 2 amide bonds. The zero-order valence-electron chi connectivity index (χ0n) is 15.3. The Morgan fingerprint density at radius 1 is 1.12 bits per heavy atom. The Balaban J connectivity index is 1.65. The van der Waals surface area contributed by atoms with Crippen molar-refractivity contribution in [3.05, 3.63) is 41.3 Å². The minimum absolute atomic E-state index is 0.0881. The first-order valence-electron chi connectivity index (χ1n) is 8.66. The molecule has 3 rings (SSSR count). The van der Waals surface area contributed by atoms with Gasteiger partial charge in [0, 0.05) is 43.9 Å². The van der Waals surface area contributed by atoms with Crippen LogP contribution in [0.5, 0.6) is 0 Å². The molecule has 0 saturated carbocycles. The Morgan fingerprint density at radius 2 is 1.77 bits per heavy atom. The molecule has 138 valence electrons. The number of piperazine rings is 1. The molecule has 0 unspecified atom stereocenters. The molecule has 1 fully saturated rings. The highest BCUT2D eigenvalue weighted by Gasteiger charge is 2.30. The van der Waals surface area contributed by atoms with Crippen molar-refractivity contribution in [3.8, 4) is 0 Å². The Bertz CT molecular complexity index is 858. The van der Waals surface area contributed by atoms with Gasteiger partial charge in [0.15, 0.2) is 5.15 Å². The van der Waals surface area contributed by atoms with E-state index >= 15 is 0 Å². The van der Waals surface area contributed by atoms with E-state index in [2.05, 4.69) is 4.98 Å². The van der Waals surface area contributed by atoms with Gasteiger partial charge in [-0.15, -0.1) is 0 Å². The van der Waals surface area contributed by atoms with Gasteiger partial charge >= 0.3 is 0 Å². The number of fused-ring (bicyclic) bond motifs is 1. The molecule has 26 heavy (non-hydrogen) atoms. The zero-order chi connectivity index (χ0) is 18.9. The van der Waals surface area contributed by atoms with Crippen LogP contribution in [0.1, 0.15) is 26.5 Å². The summed E-state index contributed by atoms with van der Waals surface area (Å²) in [5, 5.41) is 0.362. The van der Waals surface area contributed by atoms with Crippen molar-refractivity contribution in [1.29, 1.82) is 0 Å². The Hall–Kier alpha value is -2.34. The van der Waals surface area contributed by atoms with E-state index in [1.165, 1.54) is 6.08 Å². The fourth-order valence-electron chi connectivity index (χ4n) is 3.00. The first-order valence-corrected chi connectivity index (χ1v) is 9.04. The molecule has 3 heterocycles. The normalized spacial score (nSPS) is 15.8. The van der Waals surface area contributed by atoms with Gasteiger partial charge < -0.3 is 9.80 Å². The predicted octanol–water partition coefficient (Wildman–Crippen LogP) is 2.72. The van der Waals surface area contributed by atoms with Gasteiger partial charge in [0.05, 0.1) is 5.69 Å². The molecular weight excluding hydrogens is 352 g/mol. The van der Waals surface area contributed by atoms with Crippen LogP contribution >= 0.6 is 11.6 Å². The smallest absolute Gasteiger partial charge is 0.246 e. The van der Waals surface area contributed by atoms with Gasteiger partial charge in [-0.25, -0.2) is 4.98 Å². The molecule has 1 aliphatic rings. The van der Waals surface area contributed by atoms with Gasteiger partial charge in [0.2, 0.25) is 11.8 Å². The predicted molar refractivity (Wildman–Crippen MR) is 102 cm³/mol. The Labute approximate surface area is 158 Å². The van der Waals surface area contributed by atoms with Gasteiger partial charge in [0.1, 0.15) is 5.65 Å². The number of hydrogen-bond donors (Lipinski definition) is 0. The van der Waals surface area contributed by atoms with Crippen molar-refractivity contribution in [3.63, 3.8) is 0 Å². The molecule has 0 atom stereocenters. The minimum Gasteiger partial charge on any atom is -0.339 e. The van der Waals surface area contributed by atoms with Crippen LogP contribution in [-0.4, -0.2) is 57.2 Å². The molecule has 0 N–H and O–H groups in total. The van der Waals surface area contributed by atoms with Crippen LogP contribution in [0.2, 0.25) is 5.15 Å². The van der Waals surface area contributed by atoms with Gasteiger partial charge in [-0.2, -0.15) is 0 Å². The number of hydrogen-bond acceptors (Lipinski definition) is 3. The van der Waals surface area contributed by atoms with E-state index < -0.39 is 5.41 Å². The first-order chi connectivity index (χ1) is 12.3. The lowest BCUT2D eigenvalue weighted by Crippen LogP contribution is -2.52. The maximum absolute atomic E-state index is 12.5. The second-order valence-electron chi connectivity index (χ2n) is 7.42. The summed E-state index contributed by atoms with van der Waals surface area (Å²) in [6.45, 7) is 7.93. The number of amides is 2. The fourth-order valence-corrected chi connectivity index (χ4v) is 3.24. The molecule has 6 nitrogen and oxygen atoms in total. The number of carbonyl (C=O) groups excluding carboxylic acids is 2. The highest BCUT2D eigenvalue weighted by molar-refractivity contribution is 6.31. The highest BCUT2D eigenvalue weighted by Crippen LogP contribution is 2.20. The van der Waals surface area contributed by atoms with Crippen molar-refractivity contribution in [2.75, 3.05) is 26.2 Å². The third kappa shape index (κ3) is 3.75. The molecule has 2 aromatic rings. The second-order valence-corrected chi connectivity index (χ2v) is 7.78. The van der Waals surface area contributed by atoms with Crippen LogP contribution in [0.4, 0.5) is 0 Å². The van der Waals surface area contributed by atoms with E-state index in [4.69, 9.17) is 11.6 Å². The van der Waals surface area contributed by atoms with E-state index in [-0.39, 0.29) is 11.8 Å². The molecule has 0 aromatic carbocycles. The standard InChI is InChI=1S/C19H23ClN4O2/c1-19(2,3)18(26)23-12-10-22(11-13-23)16(25)8-7-14-17(20)21-15-6-4-5-9-24(14)15/h4-9H,10-13H2,1-3H3/b8-7+. The van der Waals surface area contributed by atoms with Crippen LogP contribution in [0.15, 0.2) is 30.5 Å². The van der Waals surface area contributed by atoms with Crippen molar-refractivity contribution < 1.29 is 9.59 Å². The Kier molecular flexibility index (Phi) is 5.05. The number of nitrogens with zero attached hydrogens (tertiary/aromatic N) is 4. The number of halogens is 1. The summed E-state index contributed by atoms with van der Waals surface area (Å²) >= 11 is 6.18. The van der Waals surface area contributed by atoms with E-state index in [0.29, 0.717) is 37.0 Å². The average molecular weight is 375 g/mol. The summed E-state index contributed by atoms with van der Waals surface area (Å²) in [4.78, 5) is 32.6. The largest absolute Gasteiger partial charge is 0.339 e. The topological polar surface area (TPSA) is 57.9 Å². The van der Waals surface area contributed by atoms with Crippen LogP contribution in [-0.2, 0) is 9.59 Å². The van der Waals surface area contributed by atoms with Crippen LogP contribution in [0, 0.1) is 5.41 Å². The number of pyridine rings is 1. The van der Waals surface area contributed by atoms with Crippen molar-refractivity contribution >= 4 is 35.1 Å². The summed E-state index contributed by atoms with van der Waals surface area (Å²) in [6.07, 6.45) is 5.07. The Morgan fingerprint density at radius 3 is 2.42 bits per heavy atom. The lowest BCUT2D eigenvalue weighted by molar-refractivity contribution is -0.143. The van der Waals surface area contributed by atoms with Gasteiger partial charge in [-0.3, -0.25) is 14.0 Å². The SMILES string of the molecule is CC(C)(C)C(=O)N1CCN(C(=O)/C=C/c2c(Cl)nc3ccccn23)CC1. The second kappa shape index (κ2) is 7.11. The number of carbonyl (C=O) groups is 2. The summed E-state index contributed by atoms with van der Waals surface area (Å²) in [6, 6.07) is 5.63. The molecular formula is C19H23ClN4O2. The molecule has 2 aromatic heterocycles. The van der Waals surface area contributed by atoms with Gasteiger partial charge in [0.25, 0.3) is 0 Å². The van der Waals surface area contributed by atoms with Crippen molar-refractivity contribution in [2.45, 2.75) is 20.8 Å². The van der Waals surface area contributed by atoms with Gasteiger partial charge in [-0.1, -0.05) is 38.4 Å². The van der Waals surface area contributed by atoms with E-state index in [9.17, 15) is 9.59 Å². The van der Waals surface area contributed by atoms with E-state index in [1.54, 1.807) is 11.0 Å². The molecule has 0 bridgehead atoms. The van der Waals surface area contributed by atoms with Crippen LogP contribution in [0.3, 0.4) is 0 Å². The average Bonchev–Trinajstić information content (AvgIpc) is 2.93. The third-order valence-corrected chi connectivity index (χ3v) is 4.70. The number of aromatic nitrogens is 2. The molecule has 7 heteroatoms. The van der Waals surface area contributed by atoms with Gasteiger partial charge in [-0.05, 0) is 18.2 Å². The first kappa shape index (κ1) is 18.5. The quantitative estimate of drug-likeness (QED) is 0.759. The molecule has 1 aliphatic heterocycles. The number of rotatable bonds is 2. The summed E-state index contributed by atoms with van der Waals surface area (Å²) in [5.41, 5.74) is 1.02. The van der Waals surface area contributed by atoms with Crippen LogP contribution in [0.25, 0.3) is 11.7 Å². The summed E-state index contributed by atoms with van der Waals surface area (Å²) in [7, 11) is 0. The van der Waals surface area contributed by atoms with Crippen molar-refractivity contribution in [1.82, 2.24) is 19.2 Å². The molecule has 0 aliphatic carbocycles. The molecule has 0 spiro atoms. The van der Waals surface area contributed by atoms with E-state index in [0.717, 1.165) is 5.65 Å². The minimum atomic E-state index is -0.397. The van der Waals surface area contributed by atoms with E-state index in [1.807, 2.05) is 54.5 Å².